The standard InChI is InChI=1S/C25H34N10O5/c26-10-21(36)33-18(6-3-7-30-25(27)28)22(37)34-19(8-14-11-31-17-5-2-1-4-16(14)17)23(38)35-20(24(39)40)9-15-12-29-13-32-15/h1-2,4-5,11-13,18-20,31H,3,6-10,26H2,(H,29,32)(H,33,36)(H,34,37)(H,35,38)(H,39,40)(H4,27,28,30). The minimum absolute atomic E-state index is 0.0452. The number of aliphatic carboxylic acids is 1. The van der Waals surface area contributed by atoms with Gasteiger partial charge < -0.3 is 48.2 Å². The third-order valence-corrected chi connectivity index (χ3v) is 6.11. The minimum atomic E-state index is -1.29. The molecule has 0 bridgehead atoms. The number of nitrogens with zero attached hydrogens (tertiary/aromatic N) is 2. The molecule has 0 aliphatic rings. The number of para-hydroxylation sites is 1. The lowest BCUT2D eigenvalue weighted by molar-refractivity contribution is -0.142. The molecule has 0 radical (unpaired) electrons. The van der Waals surface area contributed by atoms with Crippen LogP contribution in [0, 0.1) is 0 Å². The molecule has 40 heavy (non-hydrogen) atoms. The van der Waals surface area contributed by atoms with E-state index in [9.17, 15) is 24.3 Å². The summed E-state index contributed by atoms with van der Waals surface area (Å²) in [4.78, 5) is 64.4. The van der Waals surface area contributed by atoms with Crippen LogP contribution in [-0.2, 0) is 32.0 Å². The van der Waals surface area contributed by atoms with E-state index in [1.807, 2.05) is 24.3 Å². The van der Waals surface area contributed by atoms with Gasteiger partial charge in [0.1, 0.15) is 18.1 Å². The van der Waals surface area contributed by atoms with Gasteiger partial charge in [0.25, 0.3) is 0 Å². The second kappa shape index (κ2) is 14.3. The van der Waals surface area contributed by atoms with E-state index in [0.29, 0.717) is 12.1 Å². The molecule has 3 atom stereocenters. The summed E-state index contributed by atoms with van der Waals surface area (Å²) in [5.41, 5.74) is 18.2. The minimum Gasteiger partial charge on any atom is -0.480 e. The Bertz CT molecular complexity index is 1330. The van der Waals surface area contributed by atoms with Crippen LogP contribution in [0.3, 0.4) is 0 Å². The Labute approximate surface area is 229 Å². The number of carboxylic acids is 1. The van der Waals surface area contributed by atoms with Crippen LogP contribution < -0.4 is 33.2 Å². The Hall–Kier alpha value is -4.92. The molecule has 0 saturated heterocycles. The maximum absolute atomic E-state index is 13.4. The van der Waals surface area contributed by atoms with Crippen molar-refractivity contribution in [2.45, 2.75) is 43.8 Å². The number of aromatic nitrogens is 3. The zero-order chi connectivity index (χ0) is 29.1. The number of guanidine groups is 1. The number of imidazole rings is 1. The van der Waals surface area contributed by atoms with Crippen molar-refractivity contribution in [3.8, 4) is 0 Å². The molecular formula is C25H34N10O5. The average molecular weight is 555 g/mol. The molecule has 3 amide bonds. The van der Waals surface area contributed by atoms with Crippen LogP contribution in [-0.4, -0.2) is 80.9 Å². The highest BCUT2D eigenvalue weighted by Gasteiger charge is 2.30. The molecular weight excluding hydrogens is 520 g/mol. The van der Waals surface area contributed by atoms with E-state index in [0.717, 1.165) is 16.5 Å². The maximum Gasteiger partial charge on any atom is 0.326 e. The highest BCUT2D eigenvalue weighted by Crippen LogP contribution is 2.19. The Morgan fingerprint density at radius 2 is 1.70 bits per heavy atom. The number of carboxylic acid groups (broad SMARTS) is 1. The van der Waals surface area contributed by atoms with Gasteiger partial charge in [0.05, 0.1) is 12.9 Å². The molecule has 2 heterocycles. The lowest BCUT2D eigenvalue weighted by atomic mass is 10.0. The summed E-state index contributed by atoms with van der Waals surface area (Å²) in [7, 11) is 0. The van der Waals surface area contributed by atoms with Gasteiger partial charge in [0, 0.05) is 48.4 Å². The summed E-state index contributed by atoms with van der Waals surface area (Å²) in [6.45, 7) is -0.122. The summed E-state index contributed by atoms with van der Waals surface area (Å²) < 4.78 is 0. The number of hydrogen-bond acceptors (Lipinski definition) is 7. The fourth-order valence-electron chi connectivity index (χ4n) is 4.12. The van der Waals surface area contributed by atoms with Crippen LogP contribution in [0.5, 0.6) is 0 Å². The molecule has 15 nitrogen and oxygen atoms in total. The van der Waals surface area contributed by atoms with Gasteiger partial charge in [0.15, 0.2) is 5.96 Å². The van der Waals surface area contributed by atoms with Gasteiger partial charge in [-0.1, -0.05) is 18.2 Å². The number of aliphatic imine (C=N–C) groups is 1. The van der Waals surface area contributed by atoms with Crippen LogP contribution in [0.15, 0.2) is 48.0 Å². The van der Waals surface area contributed by atoms with Crippen molar-refractivity contribution in [2.75, 3.05) is 13.1 Å². The number of fused-ring (bicyclic) bond motifs is 1. The lowest BCUT2D eigenvalue weighted by Crippen LogP contribution is -2.57. The lowest BCUT2D eigenvalue weighted by Gasteiger charge is -2.24. The van der Waals surface area contributed by atoms with Crippen molar-refractivity contribution in [1.82, 2.24) is 30.9 Å². The molecule has 0 spiro atoms. The molecule has 0 fully saturated rings. The predicted octanol–water partition coefficient (Wildman–Crippen LogP) is -1.77. The van der Waals surface area contributed by atoms with E-state index >= 15 is 0 Å². The van der Waals surface area contributed by atoms with Gasteiger partial charge in [-0.25, -0.2) is 9.78 Å². The van der Waals surface area contributed by atoms with Gasteiger partial charge >= 0.3 is 5.97 Å². The molecule has 0 saturated carbocycles. The number of H-pyrrole nitrogens is 2. The Morgan fingerprint density at radius 1 is 0.975 bits per heavy atom. The smallest absolute Gasteiger partial charge is 0.326 e. The van der Waals surface area contributed by atoms with Crippen molar-refractivity contribution in [3.05, 3.63) is 54.2 Å². The normalized spacial score (nSPS) is 13.1. The molecule has 15 heteroatoms. The molecule has 2 aromatic heterocycles. The fraction of sp³-hybridized carbons (Fsp3) is 0.360. The molecule has 12 N–H and O–H groups in total. The molecule has 214 valence electrons. The molecule has 0 aliphatic heterocycles. The molecule has 3 rings (SSSR count). The Kier molecular flexibility index (Phi) is 10.6. The fourth-order valence-corrected chi connectivity index (χ4v) is 4.12. The Morgan fingerprint density at radius 3 is 2.38 bits per heavy atom. The van der Waals surface area contributed by atoms with Gasteiger partial charge in [0.2, 0.25) is 17.7 Å². The molecule has 0 aliphatic carbocycles. The van der Waals surface area contributed by atoms with Crippen molar-refractivity contribution >= 4 is 40.6 Å². The van der Waals surface area contributed by atoms with Crippen molar-refractivity contribution < 1.29 is 24.3 Å². The topological polar surface area (TPSA) is 259 Å². The number of aromatic amines is 2. The maximum atomic E-state index is 13.4. The summed E-state index contributed by atoms with van der Waals surface area (Å²) in [5.74, 6) is -3.29. The quantitative estimate of drug-likeness (QED) is 0.0584. The zero-order valence-corrected chi connectivity index (χ0v) is 21.7. The van der Waals surface area contributed by atoms with Crippen LogP contribution in [0.1, 0.15) is 24.1 Å². The Balaban J connectivity index is 1.83. The first kappa shape index (κ1) is 29.6. The molecule has 1 aromatic carbocycles. The van der Waals surface area contributed by atoms with E-state index in [4.69, 9.17) is 17.2 Å². The van der Waals surface area contributed by atoms with E-state index in [-0.39, 0.29) is 38.3 Å². The summed E-state index contributed by atoms with van der Waals surface area (Å²) >= 11 is 0. The number of nitrogens with two attached hydrogens (primary N) is 3. The number of rotatable bonds is 15. The third kappa shape index (κ3) is 8.56. The van der Waals surface area contributed by atoms with Crippen LogP contribution in [0.2, 0.25) is 0 Å². The third-order valence-electron chi connectivity index (χ3n) is 6.11. The molecule has 3 aromatic rings. The van der Waals surface area contributed by atoms with Crippen LogP contribution in [0.4, 0.5) is 0 Å². The first-order valence-electron chi connectivity index (χ1n) is 12.6. The van der Waals surface area contributed by atoms with Crippen molar-refractivity contribution in [3.63, 3.8) is 0 Å². The largest absolute Gasteiger partial charge is 0.480 e. The first-order chi connectivity index (χ1) is 19.2. The van der Waals surface area contributed by atoms with Gasteiger partial charge in [-0.2, -0.15) is 0 Å². The van der Waals surface area contributed by atoms with Gasteiger partial charge in [-0.3, -0.25) is 19.4 Å². The number of carbonyl (C=O) groups is 4. The second-order valence-corrected chi connectivity index (χ2v) is 9.08. The first-order valence-corrected chi connectivity index (χ1v) is 12.6. The van der Waals surface area contributed by atoms with Crippen molar-refractivity contribution in [2.24, 2.45) is 22.2 Å². The second-order valence-electron chi connectivity index (χ2n) is 9.08. The highest BCUT2D eigenvalue weighted by molar-refractivity contribution is 5.94. The van der Waals surface area contributed by atoms with Crippen LogP contribution in [0.25, 0.3) is 10.9 Å². The average Bonchev–Trinajstić information content (AvgIpc) is 3.59. The number of nitrogens with one attached hydrogen (secondary N) is 5. The summed E-state index contributed by atoms with van der Waals surface area (Å²) in [6.07, 6.45) is 5.09. The number of hydrogen-bond donors (Lipinski definition) is 9. The zero-order valence-electron chi connectivity index (χ0n) is 21.7. The number of carbonyl (C=O) groups excluding carboxylic acids is 3. The van der Waals surface area contributed by atoms with Crippen molar-refractivity contribution in [1.29, 1.82) is 0 Å². The number of amides is 3. The monoisotopic (exact) mass is 554 g/mol. The van der Waals surface area contributed by atoms with E-state index < -0.39 is 41.8 Å². The SMILES string of the molecule is NCC(=O)NC(CCCN=C(N)N)C(=O)NC(Cc1c[nH]c2ccccc12)C(=O)NC(Cc1cnc[nH]1)C(=O)O. The van der Waals surface area contributed by atoms with Crippen LogP contribution >= 0.6 is 0 Å². The molecule has 3 unspecified atom stereocenters. The van der Waals surface area contributed by atoms with E-state index in [1.54, 1.807) is 6.20 Å². The number of benzene rings is 1. The predicted molar refractivity (Wildman–Crippen MR) is 147 cm³/mol. The summed E-state index contributed by atoms with van der Waals surface area (Å²) in [6, 6.07) is 3.93. The summed E-state index contributed by atoms with van der Waals surface area (Å²) in [5, 5.41) is 18.3. The van der Waals surface area contributed by atoms with E-state index in [2.05, 4.69) is 35.9 Å². The van der Waals surface area contributed by atoms with Gasteiger partial charge in [-0.05, 0) is 24.5 Å². The highest BCUT2D eigenvalue weighted by atomic mass is 16.4. The van der Waals surface area contributed by atoms with E-state index in [1.165, 1.54) is 12.5 Å². The van der Waals surface area contributed by atoms with Gasteiger partial charge in [-0.15, -0.1) is 0 Å².